The summed E-state index contributed by atoms with van der Waals surface area (Å²) in [5, 5.41) is 0. The lowest BCUT2D eigenvalue weighted by atomic mass is 10.1. The van der Waals surface area contributed by atoms with Crippen LogP contribution in [0.2, 0.25) is 0 Å². The maximum Gasteiger partial charge on any atom is 0.287 e. The first kappa shape index (κ1) is 16.2. The van der Waals surface area contributed by atoms with Gasteiger partial charge in [-0.25, -0.2) is 0 Å². The minimum absolute atomic E-state index is 0.181. The summed E-state index contributed by atoms with van der Waals surface area (Å²) >= 11 is 11.0. The second-order valence-electron chi connectivity index (χ2n) is 3.86. The van der Waals surface area contributed by atoms with Crippen LogP contribution in [0, 0.1) is 0 Å². The molecule has 0 aromatic heterocycles. The quantitative estimate of drug-likeness (QED) is 0.700. The van der Waals surface area contributed by atoms with Crippen molar-refractivity contribution < 1.29 is 18.2 Å². The normalized spacial score (nSPS) is 18.0. The topological polar surface area (TPSA) is 52.6 Å². The first-order chi connectivity index (χ1) is 8.16. The largest absolute Gasteiger partial charge is 0.313 e. The Hall–Kier alpha value is 0.180. The minimum Gasteiger partial charge on any atom is -0.313 e. The fraction of sp³-hybridized carbons (Fsp3) is 0.400. The van der Waals surface area contributed by atoms with E-state index in [0.29, 0.717) is 0 Å². The van der Waals surface area contributed by atoms with E-state index in [1.54, 1.807) is 24.3 Å². The van der Waals surface area contributed by atoms with Crippen LogP contribution in [0.5, 0.6) is 0 Å². The van der Waals surface area contributed by atoms with Crippen LogP contribution in [0.15, 0.2) is 24.3 Å². The zero-order valence-electron chi connectivity index (χ0n) is 10.0. The molecule has 1 rings (SSSR count). The number of hydrogen-bond acceptors (Lipinski definition) is 4. The van der Waals surface area contributed by atoms with Gasteiger partial charge in [0.2, 0.25) is 0 Å². The van der Waals surface area contributed by atoms with Gasteiger partial charge in [0.05, 0.1) is 13.2 Å². The van der Waals surface area contributed by atoms with Crippen LogP contribution in [-0.4, -0.2) is 13.3 Å². The van der Waals surface area contributed by atoms with Gasteiger partial charge >= 0.3 is 0 Å². The fourth-order valence-corrected chi connectivity index (χ4v) is 2.16. The standard InChI is InChI=1S/C10H14Cl2O4P2/c1-17(11,13)15-7-9-3-5-10(6-4-9)8-16-18(2,12)14/h3-6H,7-8H2,1-2H3. The summed E-state index contributed by atoms with van der Waals surface area (Å²) in [5.74, 6) is 0. The number of hydrogen-bond donors (Lipinski definition) is 0. The van der Waals surface area contributed by atoms with Gasteiger partial charge < -0.3 is 9.05 Å². The molecule has 0 aliphatic rings. The van der Waals surface area contributed by atoms with Crippen LogP contribution in [0.4, 0.5) is 0 Å². The molecule has 0 bridgehead atoms. The van der Waals surface area contributed by atoms with Crippen LogP contribution in [-0.2, 0) is 31.4 Å². The average molecular weight is 331 g/mol. The Kier molecular flexibility index (Phi) is 5.92. The second kappa shape index (κ2) is 6.56. The molecule has 18 heavy (non-hydrogen) atoms. The van der Waals surface area contributed by atoms with Crippen molar-refractivity contribution in [2.24, 2.45) is 0 Å². The fourth-order valence-electron chi connectivity index (χ4n) is 1.11. The van der Waals surface area contributed by atoms with E-state index in [0.717, 1.165) is 11.1 Å². The van der Waals surface area contributed by atoms with Crippen LogP contribution in [0.1, 0.15) is 11.1 Å². The van der Waals surface area contributed by atoms with Crippen molar-refractivity contribution >= 4 is 35.9 Å². The molecule has 1 aromatic carbocycles. The van der Waals surface area contributed by atoms with Crippen LogP contribution >= 0.6 is 35.9 Å². The highest BCUT2D eigenvalue weighted by atomic mass is 35.7. The Labute approximate surface area is 116 Å². The van der Waals surface area contributed by atoms with E-state index >= 15 is 0 Å². The third-order valence-corrected chi connectivity index (χ3v) is 3.71. The molecule has 2 unspecified atom stereocenters. The monoisotopic (exact) mass is 330 g/mol. The van der Waals surface area contributed by atoms with Gasteiger partial charge in [-0.1, -0.05) is 24.3 Å². The summed E-state index contributed by atoms with van der Waals surface area (Å²) in [7, 11) is 0. The lowest BCUT2D eigenvalue weighted by Crippen LogP contribution is -1.91. The van der Waals surface area contributed by atoms with Gasteiger partial charge in [0.25, 0.3) is 13.4 Å². The highest BCUT2D eigenvalue weighted by molar-refractivity contribution is 7.85. The summed E-state index contributed by atoms with van der Waals surface area (Å²) in [6, 6.07) is 7.17. The van der Waals surface area contributed by atoms with Crippen molar-refractivity contribution in [2.45, 2.75) is 13.2 Å². The van der Waals surface area contributed by atoms with Crippen molar-refractivity contribution in [1.29, 1.82) is 0 Å². The van der Waals surface area contributed by atoms with Crippen LogP contribution in [0.3, 0.4) is 0 Å². The van der Waals surface area contributed by atoms with E-state index in [4.69, 9.17) is 31.5 Å². The first-order valence-corrected chi connectivity index (χ1v) is 11.0. The third kappa shape index (κ3) is 7.58. The van der Waals surface area contributed by atoms with Crippen molar-refractivity contribution in [2.75, 3.05) is 13.3 Å². The number of rotatable bonds is 6. The molecule has 0 saturated carbocycles. The van der Waals surface area contributed by atoms with Crippen LogP contribution < -0.4 is 0 Å². The zero-order chi connectivity index (χ0) is 13.8. The molecule has 0 spiro atoms. The first-order valence-electron chi connectivity index (χ1n) is 5.07. The van der Waals surface area contributed by atoms with Gasteiger partial charge in [-0.15, -0.1) is 0 Å². The van der Waals surface area contributed by atoms with E-state index in [9.17, 15) is 9.13 Å². The van der Waals surface area contributed by atoms with Gasteiger partial charge in [0.15, 0.2) is 0 Å². The molecule has 0 aliphatic heterocycles. The van der Waals surface area contributed by atoms with E-state index in [1.165, 1.54) is 13.3 Å². The van der Waals surface area contributed by atoms with Gasteiger partial charge in [-0.2, -0.15) is 0 Å². The van der Waals surface area contributed by atoms with Crippen molar-refractivity contribution in [3.63, 3.8) is 0 Å². The summed E-state index contributed by atoms with van der Waals surface area (Å²) < 4.78 is 32.3. The SMILES string of the molecule is CP(=O)(Cl)OCc1ccc(COP(C)(=O)Cl)cc1. The molecule has 0 fully saturated rings. The summed E-state index contributed by atoms with van der Waals surface area (Å²) in [4.78, 5) is 0. The second-order valence-corrected chi connectivity index (χ2v) is 11.0. The van der Waals surface area contributed by atoms with Crippen molar-refractivity contribution in [1.82, 2.24) is 0 Å². The van der Waals surface area contributed by atoms with Gasteiger partial charge in [0, 0.05) is 13.3 Å². The highest BCUT2D eigenvalue weighted by Crippen LogP contribution is 2.49. The van der Waals surface area contributed by atoms with E-state index in [2.05, 4.69) is 0 Å². The van der Waals surface area contributed by atoms with E-state index in [-0.39, 0.29) is 13.2 Å². The van der Waals surface area contributed by atoms with Crippen molar-refractivity contribution in [3.8, 4) is 0 Å². The van der Waals surface area contributed by atoms with Gasteiger partial charge in [-0.3, -0.25) is 9.13 Å². The Morgan fingerprint density at radius 2 is 1.17 bits per heavy atom. The maximum absolute atomic E-state index is 11.1. The molecule has 0 amide bonds. The Morgan fingerprint density at radius 1 is 0.889 bits per heavy atom. The lowest BCUT2D eigenvalue weighted by Gasteiger charge is -2.08. The molecular weight excluding hydrogens is 317 g/mol. The lowest BCUT2D eigenvalue weighted by molar-refractivity contribution is 0.313. The molecule has 0 N–H and O–H groups in total. The molecule has 2 atom stereocenters. The Morgan fingerprint density at radius 3 is 1.39 bits per heavy atom. The molecular formula is C10H14Cl2O4P2. The van der Waals surface area contributed by atoms with Crippen LogP contribution in [0.25, 0.3) is 0 Å². The molecule has 0 radical (unpaired) electrons. The molecule has 1 aromatic rings. The maximum atomic E-state index is 11.1. The Balaban J connectivity index is 2.53. The summed E-state index contributed by atoms with van der Waals surface area (Å²) in [6.45, 7) is -2.92. The van der Waals surface area contributed by atoms with E-state index in [1.807, 2.05) is 0 Å². The minimum atomic E-state index is -2.98. The molecule has 0 saturated heterocycles. The predicted molar refractivity (Wildman–Crippen MR) is 74.8 cm³/mol. The average Bonchev–Trinajstić information content (AvgIpc) is 2.23. The smallest absolute Gasteiger partial charge is 0.287 e. The number of halogens is 2. The molecule has 102 valence electrons. The zero-order valence-corrected chi connectivity index (χ0v) is 13.3. The molecule has 8 heteroatoms. The highest BCUT2D eigenvalue weighted by Gasteiger charge is 2.11. The van der Waals surface area contributed by atoms with E-state index < -0.39 is 13.4 Å². The van der Waals surface area contributed by atoms with Crippen molar-refractivity contribution in [3.05, 3.63) is 35.4 Å². The predicted octanol–water partition coefficient (Wildman–Crippen LogP) is 4.84. The molecule has 0 heterocycles. The summed E-state index contributed by atoms with van der Waals surface area (Å²) in [5.41, 5.74) is 1.68. The summed E-state index contributed by atoms with van der Waals surface area (Å²) in [6.07, 6.45) is 0. The van der Waals surface area contributed by atoms with Gasteiger partial charge in [-0.05, 0) is 33.6 Å². The Bertz CT molecular complexity index is 432. The van der Waals surface area contributed by atoms with Gasteiger partial charge in [0.1, 0.15) is 0 Å². The number of benzene rings is 1. The molecule has 0 aliphatic carbocycles. The third-order valence-electron chi connectivity index (χ3n) is 1.95. The molecule has 4 nitrogen and oxygen atoms in total.